The van der Waals surface area contributed by atoms with Gasteiger partial charge in [-0.15, -0.1) is 0 Å². The summed E-state index contributed by atoms with van der Waals surface area (Å²) < 4.78 is 36.0. The number of carbonyl (C=O) groups is 2. The number of rotatable bonds is 39. The molecule has 0 rings (SSSR count). The Labute approximate surface area is 382 Å². The van der Waals surface area contributed by atoms with E-state index >= 15 is 0 Å². The Morgan fingerprint density at radius 2 is 0.712 bits per heavy atom. The van der Waals surface area contributed by atoms with Gasteiger partial charge in [0.2, 0.25) is 0 Å². The number of hydrogen-bond acceptors (Lipinski definition) is 26. The number of aliphatic hydroxyl groups excluding tert-OH is 16. The minimum absolute atomic E-state index is 0.0474. The van der Waals surface area contributed by atoms with Crippen molar-refractivity contribution in [1.29, 1.82) is 0 Å². The third kappa shape index (κ3) is 31.7. The Kier molecular flexibility index (Phi) is 34.5. The van der Waals surface area contributed by atoms with Gasteiger partial charge in [0.15, 0.2) is 0 Å². The molecule has 0 fully saturated rings. The molecule has 0 aliphatic carbocycles. The molecule has 28 nitrogen and oxygen atoms in total. The number of amides is 2. The van der Waals surface area contributed by atoms with Crippen molar-refractivity contribution in [2.24, 2.45) is 0 Å². The zero-order chi connectivity index (χ0) is 50.4. The van der Waals surface area contributed by atoms with Gasteiger partial charge in [-0.1, -0.05) is 0 Å². The monoisotopic (exact) mass is 975 g/mol. The average Bonchev–Trinajstić information content (AvgIpc) is 3.24. The molecule has 0 bridgehead atoms. The minimum Gasteiger partial charge on any atom is -0.447 e. The van der Waals surface area contributed by atoms with Gasteiger partial charge < -0.3 is 125 Å². The normalized spacial score (nSPS) is 18.7. The first-order chi connectivity index (χ1) is 30.9. The van der Waals surface area contributed by atoms with E-state index in [-0.39, 0.29) is 72.6 Å². The van der Waals surface area contributed by atoms with E-state index in [9.17, 15) is 81.1 Å². The molecule has 0 radical (unpaired) electrons. The van der Waals surface area contributed by atoms with Crippen molar-refractivity contribution in [3.63, 3.8) is 0 Å². The molecule has 18 N–H and O–H groups in total. The predicted octanol–water partition coefficient (Wildman–Crippen LogP) is -9.34. The fourth-order valence-corrected chi connectivity index (χ4v) is 5.25. The number of aliphatic hydroxyl groups is 16. The van der Waals surface area contributed by atoms with Crippen molar-refractivity contribution in [3.05, 3.63) is 0 Å². The maximum Gasteiger partial charge on any atom is 0.407 e. The van der Waals surface area contributed by atoms with Gasteiger partial charge in [-0.05, 0) is 20.8 Å². The number of hydrogen-bond donors (Lipinski definition) is 18. The van der Waals surface area contributed by atoms with Gasteiger partial charge in [0.25, 0.3) is 0 Å². The highest BCUT2D eigenvalue weighted by Crippen LogP contribution is 2.12. The van der Waals surface area contributed by atoms with Crippen molar-refractivity contribution in [2.45, 2.75) is 112 Å². The lowest BCUT2D eigenvalue weighted by atomic mass is 10.0. The van der Waals surface area contributed by atoms with Crippen molar-refractivity contribution >= 4 is 12.2 Å². The van der Waals surface area contributed by atoms with E-state index in [0.29, 0.717) is 0 Å². The molecular weight excluding hydrogens is 898 g/mol. The van der Waals surface area contributed by atoms with Gasteiger partial charge in [-0.25, -0.2) is 9.59 Å². The third-order valence-corrected chi connectivity index (χ3v) is 8.58. The summed E-state index contributed by atoms with van der Waals surface area (Å²) in [6, 6.07) is 0. The number of ether oxygens (including phenoxy) is 7. The van der Waals surface area contributed by atoms with E-state index in [4.69, 9.17) is 43.4 Å². The van der Waals surface area contributed by atoms with Crippen molar-refractivity contribution in [1.82, 2.24) is 15.5 Å². The maximum absolute atomic E-state index is 11.7. The predicted molar refractivity (Wildman–Crippen MR) is 222 cm³/mol. The molecule has 28 heteroatoms. The van der Waals surface area contributed by atoms with Crippen LogP contribution < -0.4 is 10.6 Å². The Hall–Kier alpha value is -2.34. The first kappa shape index (κ1) is 63.7. The molecule has 0 aliphatic rings. The largest absolute Gasteiger partial charge is 0.447 e. The van der Waals surface area contributed by atoms with Crippen LogP contribution >= 0.6 is 0 Å². The van der Waals surface area contributed by atoms with E-state index in [2.05, 4.69) is 10.6 Å². The zero-order valence-electron chi connectivity index (χ0n) is 37.6. The molecule has 0 aromatic heterocycles. The molecule has 14 atom stereocenters. The molecule has 0 saturated carbocycles. The molecule has 0 aliphatic heterocycles. The van der Waals surface area contributed by atoms with Gasteiger partial charge in [-0.2, -0.15) is 0 Å². The van der Waals surface area contributed by atoms with Crippen LogP contribution in [-0.2, 0) is 33.2 Å². The summed E-state index contributed by atoms with van der Waals surface area (Å²) in [5.41, 5.74) is -0.668. The zero-order valence-corrected chi connectivity index (χ0v) is 37.6. The van der Waals surface area contributed by atoms with Gasteiger partial charge in [0.1, 0.15) is 79.4 Å². The van der Waals surface area contributed by atoms with Crippen molar-refractivity contribution in [3.8, 4) is 0 Å². The Morgan fingerprint density at radius 1 is 0.424 bits per heavy atom. The molecule has 2 amide bonds. The van der Waals surface area contributed by atoms with E-state index < -0.39 is 149 Å². The molecule has 0 spiro atoms. The Morgan fingerprint density at radius 3 is 1.03 bits per heavy atom. The first-order valence-electron chi connectivity index (χ1n) is 21.1. The van der Waals surface area contributed by atoms with Gasteiger partial charge >= 0.3 is 12.2 Å². The number of carbonyl (C=O) groups excluding carboxylic acids is 2. The lowest BCUT2D eigenvalue weighted by Crippen LogP contribution is -2.54. The van der Waals surface area contributed by atoms with Crippen LogP contribution in [0.1, 0.15) is 20.8 Å². The van der Waals surface area contributed by atoms with E-state index in [1.54, 1.807) is 20.8 Å². The first-order valence-corrected chi connectivity index (χ1v) is 21.1. The smallest absolute Gasteiger partial charge is 0.407 e. The van der Waals surface area contributed by atoms with Crippen LogP contribution in [-0.4, -0.2) is 308 Å². The summed E-state index contributed by atoms with van der Waals surface area (Å²) in [6.45, 7) is -1.79. The van der Waals surface area contributed by atoms with Crippen LogP contribution in [0.15, 0.2) is 0 Å². The topological polar surface area (TPSA) is 450 Å². The highest BCUT2D eigenvalue weighted by Gasteiger charge is 2.35. The standard InChI is InChI=1S/C38H77N3O25/c1-38(2,3)66-37(59)40-5-4-39-36(58)65-21-27(49)20-64-19-26(48)18-63-17-25(47)16-62-15-24(46)14-61-13-23(45)12-60-11-22(44)6-41(7-28(50)32(54)34(56)30(52)9-42)8-29(51)33(55)35(57)31(53)10-43/h22-35,42-57H,4-21H2,1-3H3,(H,39,58)(H,40,59)/t22?,23?,24?,25?,26?,27?,28-,29-,30+,31+,32+,33+,34+,35+/m0/s1. The molecular formula is C38H77N3O25. The Bertz CT molecular complexity index is 1200. The third-order valence-electron chi connectivity index (χ3n) is 8.58. The van der Waals surface area contributed by atoms with Crippen LogP contribution in [0, 0.1) is 0 Å². The summed E-state index contributed by atoms with van der Waals surface area (Å²) in [6.07, 6.45) is -24.2. The second-order valence-electron chi connectivity index (χ2n) is 16.4. The highest BCUT2D eigenvalue weighted by molar-refractivity contribution is 5.68. The number of nitrogens with zero attached hydrogens (tertiary/aromatic N) is 1. The quantitative estimate of drug-likeness (QED) is 0.0254. The van der Waals surface area contributed by atoms with Crippen molar-refractivity contribution < 1.29 is 124 Å². The van der Waals surface area contributed by atoms with E-state index in [0.717, 1.165) is 4.90 Å². The van der Waals surface area contributed by atoms with Crippen LogP contribution in [0.5, 0.6) is 0 Å². The van der Waals surface area contributed by atoms with Gasteiger partial charge in [0, 0.05) is 32.7 Å². The summed E-state index contributed by atoms with van der Waals surface area (Å²) in [7, 11) is 0. The summed E-state index contributed by atoms with van der Waals surface area (Å²) in [5, 5.41) is 164. The van der Waals surface area contributed by atoms with Crippen LogP contribution in [0.25, 0.3) is 0 Å². The SMILES string of the molecule is CC(C)(C)OC(=O)NCCNC(=O)OCC(O)COCC(O)COCC(O)COCC(O)COCC(O)COCC(O)CN(C[C@H](O)[C@@H](O)[C@H](O)[C@H](O)CO)C[C@H](O)[C@@H](O)[C@H](O)[C@H](O)CO. The highest BCUT2D eigenvalue weighted by atomic mass is 16.6. The fourth-order valence-electron chi connectivity index (χ4n) is 5.25. The van der Waals surface area contributed by atoms with Crippen LogP contribution in [0.3, 0.4) is 0 Å². The summed E-state index contributed by atoms with van der Waals surface area (Å²) in [5.74, 6) is 0. The van der Waals surface area contributed by atoms with Gasteiger partial charge in [-0.3, -0.25) is 4.90 Å². The number of alkyl carbamates (subject to hydrolysis) is 2. The van der Waals surface area contributed by atoms with Crippen LogP contribution in [0.2, 0.25) is 0 Å². The number of nitrogens with one attached hydrogen (secondary N) is 2. The summed E-state index contributed by atoms with van der Waals surface area (Å²) >= 11 is 0. The second kappa shape index (κ2) is 35.7. The lowest BCUT2D eigenvalue weighted by Gasteiger charge is -2.34. The Balaban J connectivity index is 4.37. The summed E-state index contributed by atoms with van der Waals surface area (Å²) in [4.78, 5) is 24.4. The van der Waals surface area contributed by atoms with E-state index in [1.807, 2.05) is 0 Å². The molecule has 6 unspecified atom stereocenters. The van der Waals surface area contributed by atoms with Crippen LogP contribution in [0.4, 0.5) is 9.59 Å². The molecule has 0 aromatic rings. The van der Waals surface area contributed by atoms with Gasteiger partial charge in [0.05, 0.1) is 97.6 Å². The fraction of sp³-hybridized carbons (Fsp3) is 0.947. The average molecular weight is 976 g/mol. The molecule has 394 valence electrons. The van der Waals surface area contributed by atoms with E-state index in [1.165, 1.54) is 0 Å². The lowest BCUT2D eigenvalue weighted by molar-refractivity contribution is -0.133. The van der Waals surface area contributed by atoms with Crippen molar-refractivity contribution in [2.75, 3.05) is 119 Å². The maximum atomic E-state index is 11.7. The second-order valence-corrected chi connectivity index (χ2v) is 16.4. The molecule has 0 saturated heterocycles. The minimum atomic E-state index is -2.03. The molecule has 0 aromatic carbocycles. The molecule has 66 heavy (non-hydrogen) atoms. The molecule has 0 heterocycles.